The lowest BCUT2D eigenvalue weighted by Gasteiger charge is -2.21. The molecule has 0 aromatic heterocycles. The first-order chi connectivity index (χ1) is 30.2. The van der Waals surface area contributed by atoms with Gasteiger partial charge in [0.15, 0.2) is 6.10 Å². The molecule has 0 bridgehead atoms. The van der Waals surface area contributed by atoms with Gasteiger partial charge in [-0.3, -0.25) is 23.4 Å². The molecule has 12 heteroatoms. The zero-order valence-electron chi connectivity index (χ0n) is 40.4. The third-order valence-corrected chi connectivity index (χ3v) is 12.5. The number of aliphatic hydroxyl groups is 1. The Morgan fingerprint density at radius 1 is 0.387 bits per heavy atom. The van der Waals surface area contributed by atoms with Crippen molar-refractivity contribution < 1.29 is 52.2 Å². The minimum absolute atomic E-state index is 0.176. The summed E-state index contributed by atoms with van der Waals surface area (Å²) in [6.45, 7) is 4.63. The maximum Gasteiger partial charge on any atom is 0.472 e. The molecule has 0 spiro atoms. The fourth-order valence-electron chi connectivity index (χ4n) is 7.53. The zero-order valence-corrected chi connectivity index (χ0v) is 41.3. The Bertz CT molecular complexity index is 1060. The minimum Gasteiger partial charge on any atom is -0.462 e. The molecular weight excluding hydrogens is 808 g/mol. The molecule has 2 N–H and O–H groups in total. The molecular formula is C50H97O11P. The smallest absolute Gasteiger partial charge is 0.462 e. The third kappa shape index (κ3) is 43.7. The number of hydrogen-bond donors (Lipinski definition) is 2. The highest BCUT2D eigenvalue weighted by atomic mass is 31.2. The number of carbonyl (C=O) groups excluding carboxylic acids is 3. The standard InChI is InChI=1S/C50H97O11P/c1-4-7-10-13-16-19-20-21-22-23-24-25-26-29-30-33-36-39-48(52)57-43-47(61-50(54)41-38-35-32-28-18-15-12-9-6-3)45-59-62(55,56)58-44-46(42-51)60-49(53)40-37-34-31-27-17-14-11-8-5-2/h46-47,51H,4-45H2,1-3H3,(H,55,56). The van der Waals surface area contributed by atoms with Gasteiger partial charge in [-0.2, -0.15) is 0 Å². The third-order valence-electron chi connectivity index (χ3n) is 11.5. The lowest BCUT2D eigenvalue weighted by molar-refractivity contribution is -0.161. The Kier molecular flexibility index (Phi) is 44.9. The second kappa shape index (κ2) is 46.0. The van der Waals surface area contributed by atoms with Crippen LogP contribution in [0.15, 0.2) is 0 Å². The molecule has 0 rings (SSSR count). The van der Waals surface area contributed by atoms with Gasteiger partial charge in [0.05, 0.1) is 19.8 Å². The number of hydrogen-bond acceptors (Lipinski definition) is 10. The molecule has 0 amide bonds. The highest BCUT2D eigenvalue weighted by Crippen LogP contribution is 2.43. The number of unbranched alkanes of at least 4 members (excludes halogenated alkanes) is 32. The maximum atomic E-state index is 12.8. The van der Waals surface area contributed by atoms with Gasteiger partial charge in [0.25, 0.3) is 0 Å². The summed E-state index contributed by atoms with van der Waals surface area (Å²) in [5, 5.41) is 9.72. The van der Waals surface area contributed by atoms with Gasteiger partial charge in [-0.15, -0.1) is 0 Å². The second-order valence-corrected chi connectivity index (χ2v) is 19.2. The summed E-state index contributed by atoms with van der Waals surface area (Å²) in [5.41, 5.74) is 0. The summed E-state index contributed by atoms with van der Waals surface area (Å²) in [6.07, 6.45) is 39.5. The Morgan fingerprint density at radius 3 is 0.952 bits per heavy atom. The van der Waals surface area contributed by atoms with Crippen LogP contribution in [-0.2, 0) is 42.2 Å². The number of rotatable bonds is 49. The summed E-state index contributed by atoms with van der Waals surface area (Å²) >= 11 is 0. The molecule has 0 aliphatic rings. The molecule has 0 fully saturated rings. The van der Waals surface area contributed by atoms with Crippen LogP contribution in [0.4, 0.5) is 0 Å². The monoisotopic (exact) mass is 905 g/mol. The van der Waals surface area contributed by atoms with E-state index >= 15 is 0 Å². The number of phosphoric ester groups is 1. The molecule has 0 aromatic carbocycles. The van der Waals surface area contributed by atoms with E-state index in [9.17, 15) is 28.9 Å². The molecule has 3 atom stereocenters. The van der Waals surface area contributed by atoms with E-state index in [1.54, 1.807) is 0 Å². The van der Waals surface area contributed by atoms with Crippen molar-refractivity contribution in [2.45, 2.75) is 277 Å². The van der Waals surface area contributed by atoms with Crippen molar-refractivity contribution >= 4 is 25.7 Å². The summed E-state index contributed by atoms with van der Waals surface area (Å²) in [5.74, 6) is -1.44. The van der Waals surface area contributed by atoms with E-state index in [1.807, 2.05) is 0 Å². The Hall–Kier alpha value is -1.52. The quantitative estimate of drug-likeness (QED) is 0.0259. The van der Waals surface area contributed by atoms with Crippen LogP contribution in [0.3, 0.4) is 0 Å². The van der Waals surface area contributed by atoms with Crippen molar-refractivity contribution in [2.75, 3.05) is 26.4 Å². The molecule has 62 heavy (non-hydrogen) atoms. The average Bonchev–Trinajstić information content (AvgIpc) is 3.25. The van der Waals surface area contributed by atoms with E-state index < -0.39 is 57.8 Å². The zero-order chi connectivity index (χ0) is 45.6. The molecule has 0 radical (unpaired) electrons. The SMILES string of the molecule is CCCCCCCCCCCCCCCCCCCC(=O)OCC(COP(=O)(O)OCC(CO)OC(=O)CCCCCCCCCCC)OC(=O)CCCCCCCCCCC. The van der Waals surface area contributed by atoms with Crippen molar-refractivity contribution in [1.82, 2.24) is 0 Å². The van der Waals surface area contributed by atoms with Crippen molar-refractivity contribution in [3.05, 3.63) is 0 Å². The number of carbonyl (C=O) groups is 3. The van der Waals surface area contributed by atoms with E-state index in [4.69, 9.17) is 23.3 Å². The van der Waals surface area contributed by atoms with Crippen molar-refractivity contribution in [2.24, 2.45) is 0 Å². The predicted octanol–water partition coefficient (Wildman–Crippen LogP) is 14.4. The van der Waals surface area contributed by atoms with Crippen molar-refractivity contribution in [1.29, 1.82) is 0 Å². The van der Waals surface area contributed by atoms with Crippen LogP contribution in [0, 0.1) is 0 Å². The molecule has 0 aliphatic carbocycles. The molecule has 0 saturated carbocycles. The molecule has 11 nitrogen and oxygen atoms in total. The molecule has 0 saturated heterocycles. The minimum atomic E-state index is -4.72. The largest absolute Gasteiger partial charge is 0.472 e. The van der Waals surface area contributed by atoms with Gasteiger partial charge < -0.3 is 24.2 Å². The Balaban J connectivity index is 4.60. The first-order valence-electron chi connectivity index (χ1n) is 25.9. The number of phosphoric acid groups is 1. The summed E-state index contributed by atoms with van der Waals surface area (Å²) in [4.78, 5) is 48.1. The van der Waals surface area contributed by atoms with Crippen LogP contribution in [0.5, 0.6) is 0 Å². The highest BCUT2D eigenvalue weighted by Gasteiger charge is 2.28. The fraction of sp³-hybridized carbons (Fsp3) is 0.940. The van der Waals surface area contributed by atoms with Gasteiger partial charge in [0.2, 0.25) is 0 Å². The van der Waals surface area contributed by atoms with E-state index in [0.29, 0.717) is 19.3 Å². The second-order valence-electron chi connectivity index (χ2n) is 17.7. The number of ether oxygens (including phenoxy) is 3. The van der Waals surface area contributed by atoms with E-state index in [2.05, 4.69) is 20.8 Å². The average molecular weight is 905 g/mol. The normalized spacial score (nSPS) is 13.4. The Morgan fingerprint density at radius 2 is 0.645 bits per heavy atom. The lowest BCUT2D eigenvalue weighted by Crippen LogP contribution is -2.30. The van der Waals surface area contributed by atoms with Crippen LogP contribution in [-0.4, -0.2) is 66.5 Å². The molecule has 0 aromatic rings. The van der Waals surface area contributed by atoms with Crippen molar-refractivity contribution in [3.8, 4) is 0 Å². The first kappa shape index (κ1) is 60.5. The first-order valence-corrected chi connectivity index (χ1v) is 27.4. The van der Waals surface area contributed by atoms with E-state index in [0.717, 1.165) is 57.8 Å². The molecule has 0 heterocycles. The highest BCUT2D eigenvalue weighted by molar-refractivity contribution is 7.47. The van der Waals surface area contributed by atoms with Gasteiger partial charge in [0, 0.05) is 19.3 Å². The van der Waals surface area contributed by atoms with Gasteiger partial charge >= 0.3 is 25.7 Å². The summed E-state index contributed by atoms with van der Waals surface area (Å²) in [7, 11) is -4.72. The van der Waals surface area contributed by atoms with Gasteiger partial charge in [0.1, 0.15) is 12.7 Å². The summed E-state index contributed by atoms with van der Waals surface area (Å²) in [6, 6.07) is 0. The van der Waals surface area contributed by atoms with Gasteiger partial charge in [-0.05, 0) is 19.3 Å². The topological polar surface area (TPSA) is 155 Å². The molecule has 3 unspecified atom stereocenters. The van der Waals surface area contributed by atoms with Crippen LogP contribution in [0.2, 0.25) is 0 Å². The van der Waals surface area contributed by atoms with Crippen LogP contribution >= 0.6 is 7.82 Å². The number of esters is 3. The fourth-order valence-corrected chi connectivity index (χ4v) is 8.32. The molecule has 0 aliphatic heterocycles. The van der Waals surface area contributed by atoms with E-state index in [1.165, 1.54) is 148 Å². The Labute approximate surface area is 380 Å². The van der Waals surface area contributed by atoms with Gasteiger partial charge in [-0.1, -0.05) is 226 Å². The lowest BCUT2D eigenvalue weighted by atomic mass is 10.0. The maximum absolute atomic E-state index is 12.8. The van der Waals surface area contributed by atoms with Crippen LogP contribution in [0.1, 0.15) is 265 Å². The molecule has 368 valence electrons. The van der Waals surface area contributed by atoms with Crippen LogP contribution < -0.4 is 0 Å². The van der Waals surface area contributed by atoms with Crippen molar-refractivity contribution in [3.63, 3.8) is 0 Å². The van der Waals surface area contributed by atoms with E-state index in [-0.39, 0.29) is 25.9 Å². The summed E-state index contributed by atoms with van der Waals surface area (Å²) < 4.78 is 39.2. The number of aliphatic hydroxyl groups excluding tert-OH is 1. The van der Waals surface area contributed by atoms with Gasteiger partial charge in [-0.25, -0.2) is 4.57 Å². The van der Waals surface area contributed by atoms with Crippen LogP contribution in [0.25, 0.3) is 0 Å². The predicted molar refractivity (Wildman–Crippen MR) is 252 cm³/mol.